The summed E-state index contributed by atoms with van der Waals surface area (Å²) < 4.78 is 14.8. The number of halogens is 1. The average molecular weight is 312 g/mol. The van der Waals surface area contributed by atoms with Crippen molar-refractivity contribution < 1.29 is 14.3 Å². The monoisotopic (exact) mass is 312 g/mol. The number of nitrogens with one attached hydrogen (secondary N) is 1. The summed E-state index contributed by atoms with van der Waals surface area (Å²) in [6.07, 6.45) is 1.15. The molecule has 0 aliphatic carbocycles. The molecule has 4 nitrogen and oxygen atoms in total. The normalized spacial score (nSPS) is 12.3. The molecule has 0 aliphatic heterocycles. The summed E-state index contributed by atoms with van der Waals surface area (Å²) in [5.41, 5.74) is 2.18. The molecule has 0 aliphatic rings. The second-order valence-electron chi connectivity index (χ2n) is 5.48. The van der Waals surface area contributed by atoms with Gasteiger partial charge in [0.25, 0.3) is 5.91 Å². The van der Waals surface area contributed by atoms with Gasteiger partial charge in [0.2, 0.25) is 0 Å². The molecule has 1 aromatic heterocycles. The molecule has 2 aromatic carbocycles. The third-order valence-electron chi connectivity index (χ3n) is 3.86. The minimum atomic E-state index is -0.802. The Balaban J connectivity index is 1.66. The molecule has 1 amide bonds. The van der Waals surface area contributed by atoms with Crippen molar-refractivity contribution in [3.8, 4) is 0 Å². The summed E-state index contributed by atoms with van der Waals surface area (Å²) in [6, 6.07) is 12.9. The van der Waals surface area contributed by atoms with E-state index in [1.54, 1.807) is 0 Å². The molecule has 0 saturated heterocycles. The summed E-state index contributed by atoms with van der Waals surface area (Å²) in [4.78, 5) is 12.0. The first-order valence-corrected chi connectivity index (χ1v) is 7.31. The van der Waals surface area contributed by atoms with E-state index in [0.29, 0.717) is 5.56 Å². The summed E-state index contributed by atoms with van der Waals surface area (Å²) >= 11 is 0. The zero-order chi connectivity index (χ0) is 16.4. The SMILES string of the molecule is Cn1ccc2cc(C(O)CNC(=O)c3ccc(F)cc3)ccc21. The number of hydrogen-bond acceptors (Lipinski definition) is 2. The van der Waals surface area contributed by atoms with Gasteiger partial charge in [-0.1, -0.05) is 6.07 Å². The van der Waals surface area contributed by atoms with E-state index in [9.17, 15) is 14.3 Å². The van der Waals surface area contributed by atoms with Crippen molar-refractivity contribution in [1.82, 2.24) is 9.88 Å². The smallest absolute Gasteiger partial charge is 0.251 e. The first-order chi connectivity index (χ1) is 11.0. The predicted molar refractivity (Wildman–Crippen MR) is 86.6 cm³/mol. The Bertz CT molecular complexity index is 840. The number of aliphatic hydroxyl groups excluding tert-OH is 1. The molecule has 0 radical (unpaired) electrons. The standard InChI is InChI=1S/C18H17FN2O2/c1-21-9-8-13-10-14(4-7-16(13)21)17(22)11-20-18(23)12-2-5-15(19)6-3-12/h2-10,17,22H,11H2,1H3,(H,20,23). The molecule has 0 fully saturated rings. The van der Waals surface area contributed by atoms with Crippen molar-refractivity contribution in [2.24, 2.45) is 7.05 Å². The van der Waals surface area contributed by atoms with E-state index in [4.69, 9.17) is 0 Å². The fourth-order valence-electron chi connectivity index (χ4n) is 2.52. The second-order valence-corrected chi connectivity index (χ2v) is 5.48. The Hall–Kier alpha value is -2.66. The number of fused-ring (bicyclic) bond motifs is 1. The van der Waals surface area contributed by atoms with Gasteiger partial charge in [-0.15, -0.1) is 0 Å². The molecule has 0 bridgehead atoms. The zero-order valence-corrected chi connectivity index (χ0v) is 12.7. The highest BCUT2D eigenvalue weighted by Crippen LogP contribution is 2.20. The average Bonchev–Trinajstić information content (AvgIpc) is 2.93. The molecule has 1 unspecified atom stereocenters. The fraction of sp³-hybridized carbons (Fsp3) is 0.167. The maximum Gasteiger partial charge on any atom is 0.251 e. The number of aryl methyl sites for hydroxylation is 1. The lowest BCUT2D eigenvalue weighted by Crippen LogP contribution is -2.28. The van der Waals surface area contributed by atoms with Gasteiger partial charge in [-0.2, -0.15) is 0 Å². The molecule has 1 atom stereocenters. The van der Waals surface area contributed by atoms with Crippen LogP contribution < -0.4 is 5.32 Å². The van der Waals surface area contributed by atoms with E-state index < -0.39 is 11.9 Å². The second kappa shape index (κ2) is 6.22. The van der Waals surface area contributed by atoms with E-state index in [1.807, 2.05) is 42.1 Å². The quantitative estimate of drug-likeness (QED) is 0.778. The van der Waals surface area contributed by atoms with Crippen molar-refractivity contribution in [2.75, 3.05) is 6.54 Å². The highest BCUT2D eigenvalue weighted by molar-refractivity contribution is 5.94. The van der Waals surface area contributed by atoms with Gasteiger partial charge in [-0.3, -0.25) is 4.79 Å². The summed E-state index contributed by atoms with van der Waals surface area (Å²) in [5.74, 6) is -0.734. The van der Waals surface area contributed by atoms with Gasteiger partial charge in [-0.25, -0.2) is 4.39 Å². The van der Waals surface area contributed by atoms with Crippen LogP contribution in [0, 0.1) is 5.82 Å². The van der Waals surface area contributed by atoms with E-state index in [1.165, 1.54) is 24.3 Å². The molecule has 2 N–H and O–H groups in total. The van der Waals surface area contributed by atoms with E-state index in [-0.39, 0.29) is 12.5 Å². The molecule has 118 valence electrons. The zero-order valence-electron chi connectivity index (χ0n) is 12.7. The molecule has 1 heterocycles. The number of carbonyl (C=O) groups excluding carboxylic acids is 1. The van der Waals surface area contributed by atoms with Gasteiger partial charge in [0.1, 0.15) is 5.82 Å². The first-order valence-electron chi connectivity index (χ1n) is 7.31. The Morgan fingerprint density at radius 1 is 1.22 bits per heavy atom. The van der Waals surface area contributed by atoms with Crippen molar-refractivity contribution in [3.05, 3.63) is 71.7 Å². The number of nitrogens with zero attached hydrogens (tertiary/aromatic N) is 1. The Morgan fingerprint density at radius 3 is 2.70 bits per heavy atom. The molecule has 0 saturated carbocycles. The molecule has 23 heavy (non-hydrogen) atoms. The Labute approximate surface area is 133 Å². The van der Waals surface area contributed by atoms with Crippen LogP contribution in [0.3, 0.4) is 0 Å². The molecule has 5 heteroatoms. The van der Waals surface area contributed by atoms with E-state index in [0.717, 1.165) is 16.5 Å². The van der Waals surface area contributed by atoms with E-state index in [2.05, 4.69) is 5.32 Å². The van der Waals surface area contributed by atoms with Gasteiger partial charge in [0.05, 0.1) is 6.10 Å². The van der Waals surface area contributed by atoms with Crippen LogP contribution in [0.1, 0.15) is 22.0 Å². The minimum Gasteiger partial charge on any atom is -0.387 e. The largest absolute Gasteiger partial charge is 0.387 e. The fourth-order valence-corrected chi connectivity index (χ4v) is 2.52. The summed E-state index contributed by atoms with van der Waals surface area (Å²) in [5, 5.41) is 13.9. The molecule has 3 aromatic rings. The Kier molecular flexibility index (Phi) is 4.12. The molecule has 0 spiro atoms. The number of aliphatic hydroxyl groups is 1. The van der Waals surface area contributed by atoms with Crippen LogP contribution in [-0.2, 0) is 7.05 Å². The van der Waals surface area contributed by atoms with Crippen molar-refractivity contribution >= 4 is 16.8 Å². The van der Waals surface area contributed by atoms with Crippen LogP contribution in [-0.4, -0.2) is 22.1 Å². The third kappa shape index (κ3) is 3.24. The maximum atomic E-state index is 12.8. The third-order valence-corrected chi connectivity index (χ3v) is 3.86. The minimum absolute atomic E-state index is 0.0918. The number of hydrogen-bond donors (Lipinski definition) is 2. The summed E-state index contributed by atoms with van der Waals surface area (Å²) in [7, 11) is 1.96. The highest BCUT2D eigenvalue weighted by atomic mass is 19.1. The van der Waals surface area contributed by atoms with Gasteiger partial charge in [-0.05, 0) is 53.4 Å². The molecular formula is C18H17FN2O2. The first kappa shape index (κ1) is 15.2. The number of aromatic nitrogens is 1. The van der Waals surface area contributed by atoms with Gasteiger partial charge in [0, 0.05) is 30.9 Å². The highest BCUT2D eigenvalue weighted by Gasteiger charge is 2.12. The van der Waals surface area contributed by atoms with Crippen LogP contribution in [0.25, 0.3) is 10.9 Å². The van der Waals surface area contributed by atoms with Gasteiger partial charge in [0.15, 0.2) is 0 Å². The number of benzene rings is 2. The molecule has 3 rings (SSSR count). The lowest BCUT2D eigenvalue weighted by Gasteiger charge is -2.13. The Morgan fingerprint density at radius 2 is 1.96 bits per heavy atom. The van der Waals surface area contributed by atoms with Crippen LogP contribution in [0.5, 0.6) is 0 Å². The van der Waals surface area contributed by atoms with Crippen LogP contribution in [0.15, 0.2) is 54.7 Å². The van der Waals surface area contributed by atoms with Crippen LogP contribution in [0.4, 0.5) is 4.39 Å². The number of rotatable bonds is 4. The lowest BCUT2D eigenvalue weighted by molar-refractivity contribution is 0.0916. The van der Waals surface area contributed by atoms with Crippen LogP contribution >= 0.6 is 0 Å². The van der Waals surface area contributed by atoms with Crippen LogP contribution in [0.2, 0.25) is 0 Å². The molecular weight excluding hydrogens is 295 g/mol. The van der Waals surface area contributed by atoms with Crippen molar-refractivity contribution in [2.45, 2.75) is 6.10 Å². The number of amides is 1. The van der Waals surface area contributed by atoms with Crippen molar-refractivity contribution in [1.29, 1.82) is 0 Å². The topological polar surface area (TPSA) is 54.3 Å². The van der Waals surface area contributed by atoms with Gasteiger partial charge >= 0.3 is 0 Å². The van der Waals surface area contributed by atoms with Gasteiger partial charge < -0.3 is 15.0 Å². The van der Waals surface area contributed by atoms with E-state index >= 15 is 0 Å². The lowest BCUT2D eigenvalue weighted by atomic mass is 10.1. The maximum absolute atomic E-state index is 12.8. The van der Waals surface area contributed by atoms with Crippen molar-refractivity contribution in [3.63, 3.8) is 0 Å². The predicted octanol–water partition coefficient (Wildman–Crippen LogP) is 2.78. The number of carbonyl (C=O) groups is 1. The summed E-state index contributed by atoms with van der Waals surface area (Å²) in [6.45, 7) is 0.0918.